The Hall–Kier alpha value is -1.15. The van der Waals surface area contributed by atoms with Crippen molar-refractivity contribution in [2.24, 2.45) is 0 Å². The molecule has 0 radical (unpaired) electrons. The van der Waals surface area contributed by atoms with Crippen molar-refractivity contribution in [3.8, 4) is 0 Å². The number of fused-ring (bicyclic) bond motifs is 1. The fourth-order valence-corrected chi connectivity index (χ4v) is 1.59. The van der Waals surface area contributed by atoms with E-state index in [-0.39, 0.29) is 12.4 Å². The normalized spacial score (nSPS) is 16.5. The lowest BCUT2D eigenvalue weighted by molar-refractivity contribution is 0.0788. The van der Waals surface area contributed by atoms with Crippen molar-refractivity contribution in [3.05, 3.63) is 34.9 Å². The molecule has 1 heterocycles. The standard InChI is InChI=1S/C11H12O2/c1-8-2-3-9-4-5-13-7-11(12)10(9)6-8/h2-3,6H,4-5,7H2,1H3. The number of carbonyl (C=O) groups excluding carboxylic acids is 1. The van der Waals surface area contributed by atoms with Gasteiger partial charge in [0.2, 0.25) is 0 Å². The highest BCUT2D eigenvalue weighted by atomic mass is 16.5. The smallest absolute Gasteiger partial charge is 0.188 e. The van der Waals surface area contributed by atoms with Crippen molar-refractivity contribution in [1.82, 2.24) is 0 Å². The summed E-state index contributed by atoms with van der Waals surface area (Å²) in [6.07, 6.45) is 0.849. The molecule has 0 saturated carbocycles. The van der Waals surface area contributed by atoms with Crippen LogP contribution in [0.2, 0.25) is 0 Å². The van der Waals surface area contributed by atoms with E-state index in [9.17, 15) is 4.79 Å². The highest BCUT2D eigenvalue weighted by molar-refractivity contribution is 5.98. The van der Waals surface area contributed by atoms with Gasteiger partial charge in [-0.25, -0.2) is 0 Å². The minimum absolute atomic E-state index is 0.108. The molecule has 0 fully saturated rings. The van der Waals surface area contributed by atoms with Crippen LogP contribution in [0.5, 0.6) is 0 Å². The Bertz CT molecular complexity index is 342. The van der Waals surface area contributed by atoms with Gasteiger partial charge in [-0.15, -0.1) is 0 Å². The number of carbonyl (C=O) groups is 1. The molecule has 1 aliphatic heterocycles. The molecule has 68 valence electrons. The lowest BCUT2D eigenvalue weighted by atomic mass is 10.00. The van der Waals surface area contributed by atoms with Crippen LogP contribution in [0.3, 0.4) is 0 Å². The summed E-state index contributed by atoms with van der Waals surface area (Å²) >= 11 is 0. The largest absolute Gasteiger partial charge is 0.373 e. The van der Waals surface area contributed by atoms with Gasteiger partial charge >= 0.3 is 0 Å². The quantitative estimate of drug-likeness (QED) is 0.602. The molecule has 0 bridgehead atoms. The minimum Gasteiger partial charge on any atom is -0.373 e. The van der Waals surface area contributed by atoms with E-state index in [0.29, 0.717) is 6.61 Å². The van der Waals surface area contributed by atoms with Gasteiger partial charge < -0.3 is 4.74 Å². The molecule has 0 amide bonds. The molecule has 1 aliphatic rings. The average Bonchev–Trinajstić information content (AvgIpc) is 2.29. The molecule has 0 aliphatic carbocycles. The Kier molecular flexibility index (Phi) is 2.15. The average molecular weight is 176 g/mol. The molecule has 0 saturated heterocycles. The first kappa shape index (κ1) is 8.45. The number of hydrogen-bond acceptors (Lipinski definition) is 2. The molecule has 2 nitrogen and oxygen atoms in total. The number of ketones is 1. The summed E-state index contributed by atoms with van der Waals surface area (Å²) in [7, 11) is 0. The van der Waals surface area contributed by atoms with Crippen LogP contribution >= 0.6 is 0 Å². The van der Waals surface area contributed by atoms with Gasteiger partial charge in [0.25, 0.3) is 0 Å². The number of benzene rings is 1. The third kappa shape index (κ3) is 1.63. The van der Waals surface area contributed by atoms with Crippen molar-refractivity contribution in [2.45, 2.75) is 13.3 Å². The van der Waals surface area contributed by atoms with Gasteiger partial charge in [0, 0.05) is 5.56 Å². The maximum absolute atomic E-state index is 11.5. The summed E-state index contributed by atoms with van der Waals surface area (Å²) in [4.78, 5) is 11.5. The van der Waals surface area contributed by atoms with Crippen molar-refractivity contribution in [2.75, 3.05) is 13.2 Å². The van der Waals surface area contributed by atoms with Gasteiger partial charge in [-0.1, -0.05) is 17.7 Å². The van der Waals surface area contributed by atoms with Crippen LogP contribution in [0.25, 0.3) is 0 Å². The first-order chi connectivity index (χ1) is 6.27. The second kappa shape index (κ2) is 3.30. The lowest BCUT2D eigenvalue weighted by Gasteiger charge is -2.03. The van der Waals surface area contributed by atoms with Gasteiger partial charge in [-0.3, -0.25) is 4.79 Å². The first-order valence-electron chi connectivity index (χ1n) is 4.48. The van der Waals surface area contributed by atoms with E-state index in [4.69, 9.17) is 4.74 Å². The highest BCUT2D eigenvalue weighted by Gasteiger charge is 2.15. The second-order valence-corrected chi connectivity index (χ2v) is 3.39. The Morgan fingerprint density at radius 1 is 1.38 bits per heavy atom. The van der Waals surface area contributed by atoms with E-state index in [1.54, 1.807) is 0 Å². The lowest BCUT2D eigenvalue weighted by Crippen LogP contribution is -2.06. The van der Waals surface area contributed by atoms with Crippen LogP contribution in [0.15, 0.2) is 18.2 Å². The van der Waals surface area contributed by atoms with Crippen molar-refractivity contribution in [1.29, 1.82) is 0 Å². The van der Waals surface area contributed by atoms with E-state index in [1.807, 2.05) is 25.1 Å². The monoisotopic (exact) mass is 176 g/mol. The molecule has 0 aromatic heterocycles. The van der Waals surface area contributed by atoms with Crippen molar-refractivity contribution >= 4 is 5.78 Å². The molecule has 0 unspecified atom stereocenters. The molecule has 13 heavy (non-hydrogen) atoms. The van der Waals surface area contributed by atoms with Crippen molar-refractivity contribution in [3.63, 3.8) is 0 Å². The van der Waals surface area contributed by atoms with E-state index >= 15 is 0 Å². The van der Waals surface area contributed by atoms with E-state index in [0.717, 1.165) is 23.1 Å². The Labute approximate surface area is 77.5 Å². The van der Waals surface area contributed by atoms with Gasteiger partial charge in [0.1, 0.15) is 6.61 Å². The number of ether oxygens (including phenoxy) is 1. The van der Waals surface area contributed by atoms with Crippen LogP contribution in [-0.4, -0.2) is 19.0 Å². The maximum Gasteiger partial charge on any atom is 0.188 e. The molecule has 2 rings (SSSR count). The van der Waals surface area contributed by atoms with Crippen LogP contribution in [0.1, 0.15) is 21.5 Å². The first-order valence-corrected chi connectivity index (χ1v) is 4.48. The summed E-state index contributed by atoms with van der Waals surface area (Å²) in [5, 5.41) is 0. The molecular formula is C11H12O2. The van der Waals surface area contributed by atoms with Gasteiger partial charge in [-0.2, -0.15) is 0 Å². The summed E-state index contributed by atoms with van der Waals surface area (Å²) < 4.78 is 5.18. The predicted octanol–water partition coefficient (Wildman–Crippen LogP) is 1.75. The minimum atomic E-state index is 0.108. The van der Waals surface area contributed by atoms with Crippen LogP contribution < -0.4 is 0 Å². The maximum atomic E-state index is 11.5. The molecule has 1 aromatic rings. The number of rotatable bonds is 0. The third-order valence-corrected chi connectivity index (χ3v) is 2.31. The Morgan fingerprint density at radius 2 is 2.23 bits per heavy atom. The Balaban J connectivity index is 2.49. The summed E-state index contributed by atoms with van der Waals surface area (Å²) in [6.45, 7) is 2.89. The number of Topliss-reactive ketones (excluding diaryl/α,β-unsaturated/α-hetero) is 1. The zero-order valence-electron chi connectivity index (χ0n) is 7.67. The van der Waals surface area contributed by atoms with Crippen LogP contribution in [-0.2, 0) is 11.2 Å². The van der Waals surface area contributed by atoms with E-state index < -0.39 is 0 Å². The fourth-order valence-electron chi connectivity index (χ4n) is 1.59. The molecule has 1 aromatic carbocycles. The van der Waals surface area contributed by atoms with Crippen LogP contribution in [0, 0.1) is 6.92 Å². The molecule has 2 heteroatoms. The number of hydrogen-bond donors (Lipinski definition) is 0. The zero-order valence-corrected chi connectivity index (χ0v) is 7.67. The molecule has 0 N–H and O–H groups in total. The third-order valence-electron chi connectivity index (χ3n) is 2.31. The molecule has 0 atom stereocenters. The SMILES string of the molecule is Cc1ccc2c(c1)C(=O)COCC2. The Morgan fingerprint density at radius 3 is 3.08 bits per heavy atom. The molecule has 0 spiro atoms. The summed E-state index contributed by atoms with van der Waals surface area (Å²) in [5.41, 5.74) is 3.10. The van der Waals surface area contributed by atoms with Gasteiger partial charge in [0.15, 0.2) is 5.78 Å². The van der Waals surface area contributed by atoms with E-state index in [2.05, 4.69) is 0 Å². The fraction of sp³-hybridized carbons (Fsp3) is 0.364. The number of aryl methyl sites for hydroxylation is 1. The predicted molar refractivity (Wildman–Crippen MR) is 50.0 cm³/mol. The topological polar surface area (TPSA) is 26.3 Å². The summed E-state index contributed by atoms with van der Waals surface area (Å²) in [5.74, 6) is 0.108. The van der Waals surface area contributed by atoms with Gasteiger partial charge in [-0.05, 0) is 25.0 Å². The van der Waals surface area contributed by atoms with Crippen molar-refractivity contribution < 1.29 is 9.53 Å². The van der Waals surface area contributed by atoms with E-state index in [1.165, 1.54) is 0 Å². The summed E-state index contributed by atoms with van der Waals surface area (Å²) in [6, 6.07) is 6.01. The zero-order chi connectivity index (χ0) is 9.26. The van der Waals surface area contributed by atoms with Gasteiger partial charge in [0.05, 0.1) is 6.61 Å². The highest BCUT2D eigenvalue weighted by Crippen LogP contribution is 2.16. The molecular weight excluding hydrogens is 164 g/mol. The van der Waals surface area contributed by atoms with Crippen LogP contribution in [0.4, 0.5) is 0 Å². The second-order valence-electron chi connectivity index (χ2n) is 3.39.